The van der Waals surface area contributed by atoms with Gasteiger partial charge in [0.1, 0.15) is 10.6 Å². The van der Waals surface area contributed by atoms with Crippen molar-refractivity contribution >= 4 is 23.1 Å². The molecule has 0 N–H and O–H groups in total. The van der Waals surface area contributed by atoms with E-state index in [0.29, 0.717) is 34.3 Å². The van der Waals surface area contributed by atoms with E-state index in [4.69, 9.17) is 13.7 Å². The van der Waals surface area contributed by atoms with Crippen molar-refractivity contribution in [3.05, 3.63) is 40.9 Å². The van der Waals surface area contributed by atoms with Crippen LogP contribution in [-0.2, 0) is 5.75 Å². The molecule has 4 rings (SSSR count). The van der Waals surface area contributed by atoms with Gasteiger partial charge in [-0.1, -0.05) is 29.1 Å². The lowest BCUT2D eigenvalue weighted by Crippen LogP contribution is -1.89. The zero-order valence-corrected chi connectivity index (χ0v) is 16.4. The lowest BCUT2D eigenvalue weighted by molar-refractivity contribution is 0.389. The van der Waals surface area contributed by atoms with Crippen LogP contribution >= 0.6 is 23.1 Å². The third kappa shape index (κ3) is 3.71. The Kier molecular flexibility index (Phi) is 4.90. The Morgan fingerprint density at radius 3 is 2.78 bits per heavy atom. The largest absolute Gasteiger partial charge is 0.496 e. The summed E-state index contributed by atoms with van der Waals surface area (Å²) in [5.41, 5.74) is 1.66. The number of methoxy groups -OCH3 is 1. The van der Waals surface area contributed by atoms with Crippen molar-refractivity contribution < 1.29 is 13.7 Å². The fraction of sp³-hybridized carbons (Fsp3) is 0.235. The summed E-state index contributed by atoms with van der Waals surface area (Å²) in [6.45, 7) is 3.87. The Bertz CT molecular complexity index is 1070. The van der Waals surface area contributed by atoms with Gasteiger partial charge in [0.15, 0.2) is 0 Å². The average Bonchev–Trinajstić information content (AvgIpc) is 3.39. The molecule has 4 aromatic rings. The van der Waals surface area contributed by atoms with Gasteiger partial charge >= 0.3 is 0 Å². The highest BCUT2D eigenvalue weighted by Crippen LogP contribution is 2.32. The van der Waals surface area contributed by atoms with Gasteiger partial charge in [0.2, 0.25) is 11.7 Å². The van der Waals surface area contributed by atoms with Crippen LogP contribution in [0.1, 0.15) is 16.6 Å². The number of hydrogen-bond acceptors (Lipinski definition) is 10. The van der Waals surface area contributed by atoms with Gasteiger partial charge in [-0.3, -0.25) is 0 Å². The standard InChI is InChI=1S/C17H15N5O3S2/c1-9-14(27-10(2)18-9)16-20-21-17(24-16)26-8-13-19-15(22-25-13)11-6-4-5-7-12(11)23-3/h4-7H,8H2,1-3H3. The van der Waals surface area contributed by atoms with Crippen LogP contribution in [0.15, 0.2) is 38.4 Å². The van der Waals surface area contributed by atoms with E-state index in [9.17, 15) is 0 Å². The minimum absolute atomic E-state index is 0.421. The van der Waals surface area contributed by atoms with E-state index in [-0.39, 0.29) is 0 Å². The maximum atomic E-state index is 5.71. The van der Waals surface area contributed by atoms with Gasteiger partial charge in [0.05, 0.1) is 29.1 Å². The Morgan fingerprint density at radius 1 is 1.15 bits per heavy atom. The lowest BCUT2D eigenvalue weighted by Gasteiger charge is -2.02. The zero-order valence-electron chi connectivity index (χ0n) is 14.8. The molecule has 0 bridgehead atoms. The molecule has 0 saturated heterocycles. The van der Waals surface area contributed by atoms with E-state index >= 15 is 0 Å². The average molecular weight is 401 g/mol. The molecule has 10 heteroatoms. The topological polar surface area (TPSA) is 100.0 Å². The highest BCUT2D eigenvalue weighted by atomic mass is 32.2. The SMILES string of the molecule is COc1ccccc1-c1noc(CSc2nnc(-c3sc(C)nc3C)o2)n1. The van der Waals surface area contributed by atoms with Gasteiger partial charge in [0, 0.05) is 0 Å². The number of aromatic nitrogens is 5. The van der Waals surface area contributed by atoms with E-state index in [1.807, 2.05) is 38.1 Å². The van der Waals surface area contributed by atoms with Crippen molar-refractivity contribution in [2.75, 3.05) is 7.11 Å². The van der Waals surface area contributed by atoms with Gasteiger partial charge in [-0.05, 0) is 26.0 Å². The van der Waals surface area contributed by atoms with Crippen LogP contribution < -0.4 is 4.74 Å². The summed E-state index contributed by atoms with van der Waals surface area (Å²) < 4.78 is 16.4. The van der Waals surface area contributed by atoms with Crippen LogP contribution in [0, 0.1) is 13.8 Å². The quantitative estimate of drug-likeness (QED) is 0.441. The molecule has 0 atom stereocenters. The monoisotopic (exact) mass is 401 g/mol. The van der Waals surface area contributed by atoms with Crippen molar-refractivity contribution in [1.82, 2.24) is 25.3 Å². The van der Waals surface area contributed by atoms with Crippen LogP contribution in [0.4, 0.5) is 0 Å². The first-order valence-corrected chi connectivity index (χ1v) is 9.81. The summed E-state index contributed by atoms with van der Waals surface area (Å²) in [6, 6.07) is 7.51. The minimum Gasteiger partial charge on any atom is -0.496 e. The first-order valence-electron chi connectivity index (χ1n) is 8.00. The molecule has 0 spiro atoms. The molecule has 3 heterocycles. The van der Waals surface area contributed by atoms with Crippen LogP contribution in [0.25, 0.3) is 22.2 Å². The van der Waals surface area contributed by atoms with E-state index in [1.54, 1.807) is 7.11 Å². The van der Waals surface area contributed by atoms with Crippen molar-refractivity contribution in [2.45, 2.75) is 24.8 Å². The van der Waals surface area contributed by atoms with Crippen molar-refractivity contribution in [3.8, 4) is 27.9 Å². The normalized spacial score (nSPS) is 11.1. The molecule has 3 aromatic heterocycles. The van der Waals surface area contributed by atoms with Gasteiger partial charge in [-0.15, -0.1) is 21.5 Å². The maximum absolute atomic E-state index is 5.71. The minimum atomic E-state index is 0.421. The Hall–Kier alpha value is -2.72. The molecule has 0 radical (unpaired) electrons. The lowest BCUT2D eigenvalue weighted by atomic mass is 10.2. The molecule has 0 aliphatic carbocycles. The number of thiazole rings is 1. The molecule has 8 nitrogen and oxygen atoms in total. The molecule has 0 unspecified atom stereocenters. The van der Waals surface area contributed by atoms with Crippen LogP contribution in [0.5, 0.6) is 5.75 Å². The molecule has 27 heavy (non-hydrogen) atoms. The number of nitrogens with zero attached hydrogens (tertiary/aromatic N) is 5. The number of thioether (sulfide) groups is 1. The summed E-state index contributed by atoms with van der Waals surface area (Å²) in [4.78, 5) is 9.68. The summed E-state index contributed by atoms with van der Waals surface area (Å²) in [6.07, 6.45) is 0. The third-order valence-electron chi connectivity index (χ3n) is 3.64. The highest BCUT2D eigenvalue weighted by Gasteiger charge is 2.17. The smallest absolute Gasteiger partial charge is 0.277 e. The zero-order chi connectivity index (χ0) is 18.8. The molecule has 138 valence electrons. The Labute approximate surface area is 163 Å². The highest BCUT2D eigenvalue weighted by molar-refractivity contribution is 7.98. The summed E-state index contributed by atoms with van der Waals surface area (Å²) in [5, 5.41) is 13.6. The van der Waals surface area contributed by atoms with Gasteiger partial charge in [0.25, 0.3) is 11.1 Å². The van der Waals surface area contributed by atoms with Gasteiger partial charge in [-0.2, -0.15) is 4.98 Å². The van der Waals surface area contributed by atoms with E-state index < -0.39 is 0 Å². The fourth-order valence-corrected chi connectivity index (χ4v) is 3.91. The molecule has 0 amide bonds. The summed E-state index contributed by atoms with van der Waals surface area (Å²) in [7, 11) is 1.61. The summed E-state index contributed by atoms with van der Waals surface area (Å²) >= 11 is 2.87. The Morgan fingerprint density at radius 2 is 2.00 bits per heavy atom. The van der Waals surface area contributed by atoms with Crippen molar-refractivity contribution in [3.63, 3.8) is 0 Å². The molecule has 0 aliphatic heterocycles. The predicted molar refractivity (Wildman–Crippen MR) is 101 cm³/mol. The van der Waals surface area contributed by atoms with Crippen LogP contribution in [0.2, 0.25) is 0 Å². The van der Waals surface area contributed by atoms with Crippen molar-refractivity contribution in [2.24, 2.45) is 0 Å². The van der Waals surface area contributed by atoms with Gasteiger partial charge < -0.3 is 13.7 Å². The molecule has 0 saturated carbocycles. The summed E-state index contributed by atoms with van der Waals surface area (Å²) in [5.74, 6) is 2.52. The van der Waals surface area contributed by atoms with E-state index in [2.05, 4.69) is 25.3 Å². The van der Waals surface area contributed by atoms with E-state index in [1.165, 1.54) is 23.1 Å². The molecule has 0 fully saturated rings. The number of rotatable bonds is 6. The second kappa shape index (κ2) is 7.49. The maximum Gasteiger partial charge on any atom is 0.277 e. The first kappa shape index (κ1) is 17.7. The van der Waals surface area contributed by atoms with Gasteiger partial charge in [-0.25, -0.2) is 4.98 Å². The number of benzene rings is 1. The molecule has 0 aliphatic rings. The third-order valence-corrected chi connectivity index (χ3v) is 5.50. The second-order valence-corrected chi connectivity index (χ2v) is 7.65. The van der Waals surface area contributed by atoms with Crippen LogP contribution in [0.3, 0.4) is 0 Å². The number of hydrogen-bond donors (Lipinski definition) is 0. The van der Waals surface area contributed by atoms with Crippen LogP contribution in [-0.4, -0.2) is 32.4 Å². The van der Waals surface area contributed by atoms with E-state index in [0.717, 1.165) is 21.1 Å². The Balaban J connectivity index is 1.46. The molecular formula is C17H15N5O3S2. The predicted octanol–water partition coefficient (Wildman–Crippen LogP) is 4.16. The molecule has 1 aromatic carbocycles. The first-order chi connectivity index (χ1) is 13.1. The number of aryl methyl sites for hydroxylation is 2. The molecular weight excluding hydrogens is 386 g/mol. The second-order valence-electron chi connectivity index (χ2n) is 5.52. The van der Waals surface area contributed by atoms with Crippen molar-refractivity contribution in [1.29, 1.82) is 0 Å². The number of para-hydroxylation sites is 1. The fourth-order valence-electron chi connectivity index (χ4n) is 2.47. The number of ether oxygens (including phenoxy) is 1.